The first-order valence-corrected chi connectivity index (χ1v) is 4.26. The van der Waals surface area contributed by atoms with Crippen LogP contribution in [0.1, 0.15) is 11.6 Å². The van der Waals surface area contributed by atoms with Crippen LogP contribution in [0.15, 0.2) is 30.3 Å². The Morgan fingerprint density at radius 2 is 1.85 bits per heavy atom. The molecule has 13 heavy (non-hydrogen) atoms. The van der Waals surface area contributed by atoms with E-state index >= 15 is 0 Å². The fourth-order valence-electron chi connectivity index (χ4n) is 1.41. The molecule has 0 spiro atoms. The fraction of sp³-hybridized carbons (Fsp3) is 0.400. The van der Waals surface area contributed by atoms with Gasteiger partial charge in [-0.3, -0.25) is 0 Å². The predicted molar refractivity (Wildman–Crippen MR) is 54.9 cm³/mol. The van der Waals surface area contributed by atoms with E-state index in [0.717, 1.165) is 13.2 Å². The van der Waals surface area contributed by atoms with Gasteiger partial charge in [0.2, 0.25) is 0 Å². The van der Waals surface area contributed by atoms with Gasteiger partial charge in [-0.1, -0.05) is 30.3 Å². The quantitative estimate of drug-likeness (QED) is 0.788. The summed E-state index contributed by atoms with van der Waals surface area (Å²) < 4.78 is 5.10. The van der Waals surface area contributed by atoms with Crippen LogP contribution >= 0.6 is 12.4 Å². The molecule has 2 rings (SSSR count). The second-order valence-electron chi connectivity index (χ2n) is 3.23. The van der Waals surface area contributed by atoms with Gasteiger partial charge in [0.1, 0.15) is 0 Å². The van der Waals surface area contributed by atoms with Gasteiger partial charge in [0.25, 0.3) is 0 Å². The van der Waals surface area contributed by atoms with E-state index in [1.807, 2.05) is 18.2 Å². The summed E-state index contributed by atoms with van der Waals surface area (Å²) in [7, 11) is 0. The molecule has 1 heterocycles. The Hall–Kier alpha value is -0.570. The van der Waals surface area contributed by atoms with Gasteiger partial charge in [-0.2, -0.15) is 0 Å². The monoisotopic (exact) mass is 199 g/mol. The second-order valence-corrected chi connectivity index (χ2v) is 3.23. The van der Waals surface area contributed by atoms with Crippen molar-refractivity contribution in [3.05, 3.63) is 35.9 Å². The number of halogens is 1. The summed E-state index contributed by atoms with van der Waals surface area (Å²) in [4.78, 5) is 0. The highest BCUT2D eigenvalue weighted by Crippen LogP contribution is 2.25. The summed E-state index contributed by atoms with van der Waals surface area (Å²) in [6, 6.07) is 10.4. The summed E-state index contributed by atoms with van der Waals surface area (Å²) in [5.41, 5.74) is 7.23. The molecule has 1 aliphatic heterocycles. The van der Waals surface area contributed by atoms with E-state index in [0.29, 0.717) is 5.92 Å². The molecular weight excluding hydrogens is 186 g/mol. The molecule has 1 aromatic carbocycles. The average Bonchev–Trinajstić information content (AvgIpc) is 2.03. The minimum Gasteiger partial charge on any atom is -0.381 e. The summed E-state index contributed by atoms with van der Waals surface area (Å²) in [5.74, 6) is 0.521. The Balaban J connectivity index is 0.000000845. The number of benzene rings is 1. The Labute approximate surface area is 84.5 Å². The summed E-state index contributed by atoms with van der Waals surface area (Å²) in [6.45, 7) is 1.63. The highest BCUT2D eigenvalue weighted by atomic mass is 35.5. The van der Waals surface area contributed by atoms with Crippen molar-refractivity contribution < 1.29 is 4.74 Å². The molecule has 1 fully saturated rings. The Morgan fingerprint density at radius 3 is 2.31 bits per heavy atom. The third-order valence-corrected chi connectivity index (χ3v) is 2.36. The summed E-state index contributed by atoms with van der Waals surface area (Å²) in [6.07, 6.45) is 0. The van der Waals surface area contributed by atoms with Gasteiger partial charge in [0.15, 0.2) is 0 Å². The van der Waals surface area contributed by atoms with Gasteiger partial charge in [-0.25, -0.2) is 0 Å². The lowest BCUT2D eigenvalue weighted by Gasteiger charge is -2.31. The second kappa shape index (κ2) is 4.61. The first-order valence-electron chi connectivity index (χ1n) is 4.26. The summed E-state index contributed by atoms with van der Waals surface area (Å²) >= 11 is 0. The van der Waals surface area contributed by atoms with Crippen molar-refractivity contribution >= 4 is 12.4 Å². The Bertz CT molecular complexity index is 248. The molecule has 1 aliphatic rings. The molecule has 0 aliphatic carbocycles. The van der Waals surface area contributed by atoms with E-state index in [9.17, 15) is 0 Å². The van der Waals surface area contributed by atoms with Crippen LogP contribution in [-0.2, 0) is 4.74 Å². The highest BCUT2D eigenvalue weighted by molar-refractivity contribution is 5.85. The maximum atomic E-state index is 6.02. The van der Waals surface area contributed by atoms with Crippen LogP contribution in [0.4, 0.5) is 0 Å². The van der Waals surface area contributed by atoms with E-state index in [2.05, 4.69) is 12.1 Å². The maximum absolute atomic E-state index is 6.02. The lowest BCUT2D eigenvalue weighted by Crippen LogP contribution is -2.37. The maximum Gasteiger partial charge on any atom is 0.0534 e. The van der Waals surface area contributed by atoms with Crippen LogP contribution < -0.4 is 5.73 Å². The number of hydrogen-bond acceptors (Lipinski definition) is 2. The molecule has 2 nitrogen and oxygen atoms in total. The molecule has 3 heteroatoms. The minimum atomic E-state index is 0. The molecule has 0 radical (unpaired) electrons. The van der Waals surface area contributed by atoms with Crippen molar-refractivity contribution in [1.82, 2.24) is 0 Å². The van der Waals surface area contributed by atoms with Crippen LogP contribution in [0.3, 0.4) is 0 Å². The van der Waals surface area contributed by atoms with Gasteiger partial charge in [-0.05, 0) is 5.56 Å². The zero-order valence-electron chi connectivity index (χ0n) is 7.35. The zero-order chi connectivity index (χ0) is 8.39. The molecule has 0 bridgehead atoms. The Morgan fingerprint density at radius 1 is 1.23 bits per heavy atom. The lowest BCUT2D eigenvalue weighted by atomic mass is 9.93. The molecule has 0 saturated carbocycles. The normalized spacial score (nSPS) is 18.5. The van der Waals surface area contributed by atoms with E-state index in [-0.39, 0.29) is 18.4 Å². The number of ether oxygens (including phenoxy) is 1. The van der Waals surface area contributed by atoms with Crippen molar-refractivity contribution in [2.24, 2.45) is 11.7 Å². The third kappa shape index (κ3) is 2.21. The average molecular weight is 200 g/mol. The van der Waals surface area contributed by atoms with E-state index in [1.54, 1.807) is 0 Å². The molecule has 0 unspecified atom stereocenters. The summed E-state index contributed by atoms with van der Waals surface area (Å²) in [5, 5.41) is 0. The topological polar surface area (TPSA) is 35.2 Å². The smallest absolute Gasteiger partial charge is 0.0534 e. The number of rotatable bonds is 2. The van der Waals surface area contributed by atoms with Crippen molar-refractivity contribution in [1.29, 1.82) is 0 Å². The molecule has 0 amide bonds. The van der Waals surface area contributed by atoms with Gasteiger partial charge < -0.3 is 10.5 Å². The molecule has 1 saturated heterocycles. The fourth-order valence-corrected chi connectivity index (χ4v) is 1.41. The van der Waals surface area contributed by atoms with Gasteiger partial charge in [-0.15, -0.1) is 12.4 Å². The van der Waals surface area contributed by atoms with Gasteiger partial charge in [0.05, 0.1) is 13.2 Å². The van der Waals surface area contributed by atoms with Crippen LogP contribution in [0.25, 0.3) is 0 Å². The van der Waals surface area contributed by atoms with Crippen molar-refractivity contribution in [3.8, 4) is 0 Å². The molecule has 1 aromatic rings. The molecule has 72 valence electrons. The largest absolute Gasteiger partial charge is 0.381 e. The zero-order valence-corrected chi connectivity index (χ0v) is 8.17. The van der Waals surface area contributed by atoms with Crippen LogP contribution in [0.2, 0.25) is 0 Å². The minimum absolute atomic E-state index is 0. The van der Waals surface area contributed by atoms with Crippen LogP contribution in [0, 0.1) is 5.92 Å². The SMILES string of the molecule is Cl.N[C@H](c1ccccc1)C1COC1. The first-order chi connectivity index (χ1) is 5.88. The van der Waals surface area contributed by atoms with Crippen molar-refractivity contribution in [3.63, 3.8) is 0 Å². The van der Waals surface area contributed by atoms with Gasteiger partial charge in [0, 0.05) is 12.0 Å². The number of nitrogens with two attached hydrogens (primary N) is 1. The lowest BCUT2D eigenvalue weighted by molar-refractivity contribution is -0.0441. The van der Waals surface area contributed by atoms with E-state index in [4.69, 9.17) is 10.5 Å². The number of hydrogen-bond donors (Lipinski definition) is 1. The predicted octanol–water partition coefficient (Wildman–Crippen LogP) is 1.75. The molecule has 0 aromatic heterocycles. The standard InChI is InChI=1S/C10H13NO.ClH/c11-10(9-6-12-7-9)8-4-2-1-3-5-8;/h1-5,9-10H,6-7,11H2;1H/t10-;/m1./s1. The van der Waals surface area contributed by atoms with E-state index in [1.165, 1.54) is 5.56 Å². The third-order valence-electron chi connectivity index (χ3n) is 2.36. The first kappa shape index (κ1) is 10.5. The van der Waals surface area contributed by atoms with E-state index < -0.39 is 0 Å². The molecule has 2 N–H and O–H groups in total. The van der Waals surface area contributed by atoms with Crippen molar-refractivity contribution in [2.45, 2.75) is 6.04 Å². The Kier molecular flexibility index (Phi) is 3.72. The van der Waals surface area contributed by atoms with Crippen molar-refractivity contribution in [2.75, 3.05) is 13.2 Å². The van der Waals surface area contributed by atoms with Crippen LogP contribution in [0.5, 0.6) is 0 Å². The molecular formula is C10H14ClNO. The molecule has 1 atom stereocenters. The van der Waals surface area contributed by atoms with Crippen LogP contribution in [-0.4, -0.2) is 13.2 Å². The highest BCUT2D eigenvalue weighted by Gasteiger charge is 2.26. The van der Waals surface area contributed by atoms with Gasteiger partial charge >= 0.3 is 0 Å².